The number of nitrogens with two attached hydrogens (primary N) is 1. The first kappa shape index (κ1) is 10.2. The number of nitriles is 2. The normalized spacial score (nSPS) is 11.4. The minimum Gasteiger partial charge on any atom is -0.323 e. The molecule has 0 amide bonds. The SMILES string of the molecule is N#CC[C@H](N)c1cccc(F)c1C#N. The monoisotopic (exact) mass is 189 g/mol. The van der Waals surface area contributed by atoms with E-state index in [1.807, 2.05) is 6.07 Å². The lowest BCUT2D eigenvalue weighted by atomic mass is 9.99. The van der Waals surface area contributed by atoms with Crippen molar-refractivity contribution in [1.82, 2.24) is 0 Å². The van der Waals surface area contributed by atoms with Gasteiger partial charge in [-0.15, -0.1) is 0 Å². The molecule has 0 aliphatic heterocycles. The topological polar surface area (TPSA) is 73.6 Å². The molecule has 0 aliphatic carbocycles. The molecule has 4 heteroatoms. The van der Waals surface area contributed by atoms with Crippen LogP contribution in [0.5, 0.6) is 0 Å². The van der Waals surface area contributed by atoms with Crippen molar-refractivity contribution in [2.75, 3.05) is 0 Å². The second-order valence-corrected chi connectivity index (χ2v) is 2.78. The minimum atomic E-state index is -0.606. The zero-order valence-electron chi connectivity index (χ0n) is 7.37. The highest BCUT2D eigenvalue weighted by atomic mass is 19.1. The number of nitrogens with zero attached hydrogens (tertiary/aromatic N) is 2. The first-order valence-corrected chi connectivity index (χ1v) is 4.01. The standard InChI is InChI=1S/C10H8FN3/c11-9-3-1-2-7(8(9)6-13)10(14)4-5-12/h1-3,10H,4,14H2/t10-/m0/s1. The Balaban J connectivity index is 3.16. The van der Waals surface area contributed by atoms with Crippen LogP contribution in [0.2, 0.25) is 0 Å². The summed E-state index contributed by atoms with van der Waals surface area (Å²) in [5, 5.41) is 17.1. The van der Waals surface area contributed by atoms with Crippen LogP contribution >= 0.6 is 0 Å². The van der Waals surface area contributed by atoms with Crippen LogP contribution in [0.25, 0.3) is 0 Å². The van der Waals surface area contributed by atoms with E-state index in [4.69, 9.17) is 16.3 Å². The molecule has 2 N–H and O–H groups in total. The molecule has 1 aromatic carbocycles. The van der Waals surface area contributed by atoms with Crippen molar-refractivity contribution in [3.63, 3.8) is 0 Å². The average molecular weight is 189 g/mol. The van der Waals surface area contributed by atoms with Gasteiger partial charge in [0.05, 0.1) is 18.1 Å². The zero-order valence-corrected chi connectivity index (χ0v) is 7.37. The minimum absolute atomic E-state index is 0.0676. The van der Waals surface area contributed by atoms with Crippen LogP contribution in [0.15, 0.2) is 18.2 Å². The van der Waals surface area contributed by atoms with Crippen LogP contribution in [0, 0.1) is 28.5 Å². The summed E-state index contributed by atoms with van der Waals surface area (Å²) in [6, 6.07) is 7.24. The third-order valence-electron chi connectivity index (χ3n) is 1.87. The number of halogens is 1. The summed E-state index contributed by atoms with van der Waals surface area (Å²) in [4.78, 5) is 0. The fourth-order valence-electron chi connectivity index (χ4n) is 1.18. The Morgan fingerprint density at radius 1 is 1.43 bits per heavy atom. The molecule has 1 aromatic rings. The maximum Gasteiger partial charge on any atom is 0.141 e. The van der Waals surface area contributed by atoms with E-state index in [9.17, 15) is 4.39 Å². The van der Waals surface area contributed by atoms with Gasteiger partial charge < -0.3 is 5.73 Å². The molecule has 3 nitrogen and oxygen atoms in total. The highest BCUT2D eigenvalue weighted by molar-refractivity contribution is 5.40. The predicted molar refractivity (Wildman–Crippen MR) is 48.3 cm³/mol. The van der Waals surface area contributed by atoms with Gasteiger partial charge in [0.2, 0.25) is 0 Å². The lowest BCUT2D eigenvalue weighted by Crippen LogP contribution is -2.11. The third kappa shape index (κ3) is 1.87. The summed E-state index contributed by atoms with van der Waals surface area (Å²) in [5.74, 6) is -0.599. The highest BCUT2D eigenvalue weighted by Crippen LogP contribution is 2.20. The van der Waals surface area contributed by atoms with E-state index in [1.165, 1.54) is 12.1 Å². The Morgan fingerprint density at radius 3 is 2.71 bits per heavy atom. The summed E-state index contributed by atoms with van der Waals surface area (Å²) in [6.07, 6.45) is 0.0676. The Hall–Kier alpha value is -1.91. The molecule has 0 heterocycles. The van der Waals surface area contributed by atoms with Gasteiger partial charge in [0, 0.05) is 6.04 Å². The summed E-state index contributed by atoms with van der Waals surface area (Å²) in [5.41, 5.74) is 5.92. The fourth-order valence-corrected chi connectivity index (χ4v) is 1.18. The number of hydrogen-bond donors (Lipinski definition) is 1. The zero-order chi connectivity index (χ0) is 10.6. The molecular weight excluding hydrogens is 181 g/mol. The molecule has 1 rings (SSSR count). The van der Waals surface area contributed by atoms with E-state index in [0.29, 0.717) is 5.56 Å². The van der Waals surface area contributed by atoms with Crippen molar-refractivity contribution < 1.29 is 4.39 Å². The molecule has 0 aliphatic rings. The van der Waals surface area contributed by atoms with E-state index < -0.39 is 11.9 Å². The summed E-state index contributed by atoms with van der Waals surface area (Å²) in [7, 11) is 0. The molecule has 0 saturated heterocycles. The average Bonchev–Trinajstić information content (AvgIpc) is 2.17. The first-order chi connectivity index (χ1) is 6.70. The smallest absolute Gasteiger partial charge is 0.141 e. The number of benzene rings is 1. The van der Waals surface area contributed by atoms with Crippen LogP contribution in [0.1, 0.15) is 23.6 Å². The number of rotatable bonds is 2. The van der Waals surface area contributed by atoms with Gasteiger partial charge in [-0.3, -0.25) is 0 Å². The van der Waals surface area contributed by atoms with Crippen molar-refractivity contribution >= 4 is 0 Å². The summed E-state index contributed by atoms with van der Waals surface area (Å²) < 4.78 is 13.1. The fraction of sp³-hybridized carbons (Fsp3) is 0.200. The maximum absolute atomic E-state index is 13.1. The van der Waals surface area contributed by atoms with Gasteiger partial charge in [-0.2, -0.15) is 10.5 Å². The Kier molecular flexibility index (Phi) is 3.17. The number of hydrogen-bond acceptors (Lipinski definition) is 3. The molecule has 0 bridgehead atoms. The molecule has 1 atom stereocenters. The van der Waals surface area contributed by atoms with Crippen molar-refractivity contribution in [3.05, 3.63) is 35.1 Å². The Bertz CT molecular complexity index is 414. The summed E-state index contributed by atoms with van der Waals surface area (Å²) in [6.45, 7) is 0. The maximum atomic E-state index is 13.1. The van der Waals surface area contributed by atoms with Crippen LogP contribution in [0.3, 0.4) is 0 Å². The van der Waals surface area contributed by atoms with E-state index in [2.05, 4.69) is 0 Å². The van der Waals surface area contributed by atoms with Crippen molar-refractivity contribution in [2.45, 2.75) is 12.5 Å². The van der Waals surface area contributed by atoms with E-state index >= 15 is 0 Å². The van der Waals surface area contributed by atoms with Crippen LogP contribution in [-0.2, 0) is 0 Å². The van der Waals surface area contributed by atoms with Crippen molar-refractivity contribution in [3.8, 4) is 12.1 Å². The van der Waals surface area contributed by atoms with E-state index in [-0.39, 0.29) is 12.0 Å². The Morgan fingerprint density at radius 2 is 2.14 bits per heavy atom. The molecule has 0 radical (unpaired) electrons. The van der Waals surface area contributed by atoms with E-state index in [0.717, 1.165) is 0 Å². The molecule has 0 fully saturated rings. The largest absolute Gasteiger partial charge is 0.323 e. The van der Waals surface area contributed by atoms with Gasteiger partial charge in [-0.25, -0.2) is 4.39 Å². The van der Waals surface area contributed by atoms with Gasteiger partial charge in [-0.1, -0.05) is 12.1 Å². The molecule has 70 valence electrons. The van der Waals surface area contributed by atoms with Crippen molar-refractivity contribution in [1.29, 1.82) is 10.5 Å². The van der Waals surface area contributed by atoms with Crippen LogP contribution in [0.4, 0.5) is 4.39 Å². The second-order valence-electron chi connectivity index (χ2n) is 2.78. The van der Waals surface area contributed by atoms with Crippen LogP contribution < -0.4 is 5.73 Å². The second kappa shape index (κ2) is 4.36. The third-order valence-corrected chi connectivity index (χ3v) is 1.87. The quantitative estimate of drug-likeness (QED) is 0.768. The van der Waals surface area contributed by atoms with Gasteiger partial charge in [-0.05, 0) is 11.6 Å². The highest BCUT2D eigenvalue weighted by Gasteiger charge is 2.13. The molecule has 14 heavy (non-hydrogen) atoms. The van der Waals surface area contributed by atoms with Gasteiger partial charge >= 0.3 is 0 Å². The van der Waals surface area contributed by atoms with Gasteiger partial charge in [0.15, 0.2) is 0 Å². The lowest BCUT2D eigenvalue weighted by Gasteiger charge is -2.09. The van der Waals surface area contributed by atoms with Crippen LogP contribution in [-0.4, -0.2) is 0 Å². The van der Waals surface area contributed by atoms with Gasteiger partial charge in [0.25, 0.3) is 0 Å². The molecule has 0 aromatic heterocycles. The molecule has 0 spiro atoms. The Labute approximate surface area is 81.2 Å². The van der Waals surface area contributed by atoms with E-state index in [1.54, 1.807) is 12.1 Å². The van der Waals surface area contributed by atoms with Crippen molar-refractivity contribution in [2.24, 2.45) is 5.73 Å². The first-order valence-electron chi connectivity index (χ1n) is 4.01. The summed E-state index contributed by atoms with van der Waals surface area (Å²) >= 11 is 0. The molecular formula is C10H8FN3. The molecule has 0 saturated carbocycles. The predicted octanol–water partition coefficient (Wildman–Crippen LogP) is 1.61. The van der Waals surface area contributed by atoms with Gasteiger partial charge in [0.1, 0.15) is 11.9 Å². The lowest BCUT2D eigenvalue weighted by molar-refractivity contribution is 0.615. The molecule has 0 unspecified atom stereocenters.